The van der Waals surface area contributed by atoms with Crippen LogP contribution in [-0.2, 0) is 11.8 Å². The normalized spacial score (nSPS) is 23.3. The minimum atomic E-state index is -5.08. The van der Waals surface area contributed by atoms with Gasteiger partial charge in [-0.15, -0.1) is 0 Å². The molecule has 11 heteroatoms. The Balaban J connectivity index is 0.000000318. The van der Waals surface area contributed by atoms with E-state index in [4.69, 9.17) is 9.90 Å². The highest BCUT2D eigenvalue weighted by Gasteiger charge is 2.40. The van der Waals surface area contributed by atoms with E-state index in [1.807, 2.05) is 42.6 Å². The number of aliphatic carboxylic acids is 1. The van der Waals surface area contributed by atoms with Crippen LogP contribution in [0.5, 0.6) is 0 Å². The Morgan fingerprint density at radius 3 is 2.57 bits per heavy atom. The van der Waals surface area contributed by atoms with Crippen LogP contribution in [0.4, 0.5) is 24.8 Å². The van der Waals surface area contributed by atoms with Crippen molar-refractivity contribution in [2.24, 2.45) is 24.8 Å². The van der Waals surface area contributed by atoms with E-state index in [1.54, 1.807) is 0 Å². The number of halogens is 3. The third kappa shape index (κ3) is 5.61. The molecule has 0 aromatic carbocycles. The number of fused-ring (bicyclic) bond motifs is 1. The lowest BCUT2D eigenvalue weighted by atomic mass is 9.74. The molecule has 3 atom stereocenters. The Bertz CT molecular complexity index is 829. The van der Waals surface area contributed by atoms with Gasteiger partial charge >= 0.3 is 12.1 Å². The second-order valence-electron chi connectivity index (χ2n) is 7.66. The van der Waals surface area contributed by atoms with E-state index in [1.165, 1.54) is 19.3 Å². The molecule has 1 aliphatic carbocycles. The summed E-state index contributed by atoms with van der Waals surface area (Å²) in [7, 11) is 1.95. The quantitative estimate of drug-likeness (QED) is 0.776. The van der Waals surface area contributed by atoms with Crippen molar-refractivity contribution in [1.29, 1.82) is 0 Å². The Morgan fingerprint density at radius 2 is 1.97 bits per heavy atom. The third-order valence-corrected chi connectivity index (χ3v) is 5.60. The molecule has 2 aromatic heterocycles. The molecule has 1 aliphatic heterocycles. The van der Waals surface area contributed by atoms with Crippen molar-refractivity contribution in [2.75, 3.05) is 29.9 Å². The van der Waals surface area contributed by atoms with Gasteiger partial charge in [0, 0.05) is 45.3 Å². The van der Waals surface area contributed by atoms with E-state index < -0.39 is 12.1 Å². The minimum absolute atomic E-state index is 0.725. The van der Waals surface area contributed by atoms with Crippen LogP contribution < -0.4 is 10.2 Å². The second kappa shape index (κ2) is 9.31. The fraction of sp³-hybridized carbons (Fsp3) is 0.579. The van der Waals surface area contributed by atoms with E-state index in [-0.39, 0.29) is 0 Å². The molecule has 0 bridgehead atoms. The van der Waals surface area contributed by atoms with E-state index in [2.05, 4.69) is 25.3 Å². The number of alkyl halides is 3. The van der Waals surface area contributed by atoms with E-state index in [0.29, 0.717) is 0 Å². The van der Waals surface area contributed by atoms with Crippen LogP contribution in [0.25, 0.3) is 0 Å². The first kappa shape index (κ1) is 21.8. The Labute approximate surface area is 172 Å². The molecule has 1 saturated heterocycles. The number of carboxylic acid groups (broad SMARTS) is 1. The Morgan fingerprint density at radius 1 is 1.27 bits per heavy atom. The molecule has 0 radical (unpaired) electrons. The zero-order chi connectivity index (χ0) is 21.7. The molecule has 2 aromatic rings. The molecule has 3 heterocycles. The number of hydrogen-bond acceptors (Lipinski definition) is 6. The average molecular weight is 426 g/mol. The van der Waals surface area contributed by atoms with Crippen molar-refractivity contribution in [2.45, 2.75) is 25.4 Å². The molecule has 2 N–H and O–H groups in total. The van der Waals surface area contributed by atoms with Gasteiger partial charge in [0.1, 0.15) is 0 Å². The molecule has 1 saturated carbocycles. The molecule has 2 aliphatic rings. The van der Waals surface area contributed by atoms with Gasteiger partial charge in [0.05, 0.1) is 11.9 Å². The van der Waals surface area contributed by atoms with Crippen LogP contribution in [-0.4, -0.2) is 56.6 Å². The fourth-order valence-electron chi connectivity index (χ4n) is 4.22. The number of aryl methyl sites for hydroxylation is 1. The van der Waals surface area contributed by atoms with Crippen LogP contribution >= 0.6 is 0 Å². The Hall–Kier alpha value is -2.85. The number of nitrogens with one attached hydrogen (secondary N) is 1. The summed E-state index contributed by atoms with van der Waals surface area (Å²) in [6, 6.07) is 1.88. The lowest BCUT2D eigenvalue weighted by molar-refractivity contribution is -0.192. The second-order valence-corrected chi connectivity index (χ2v) is 7.66. The van der Waals surface area contributed by atoms with E-state index >= 15 is 0 Å². The summed E-state index contributed by atoms with van der Waals surface area (Å²) in [6.45, 7) is 3.24. The largest absolute Gasteiger partial charge is 0.490 e. The predicted octanol–water partition coefficient (Wildman–Crippen LogP) is 2.81. The maximum atomic E-state index is 10.6. The number of hydrogen-bond donors (Lipinski definition) is 2. The topological polar surface area (TPSA) is 96.2 Å². The van der Waals surface area contributed by atoms with Gasteiger partial charge in [0.25, 0.3) is 0 Å². The summed E-state index contributed by atoms with van der Waals surface area (Å²) in [4.78, 5) is 20.1. The van der Waals surface area contributed by atoms with Gasteiger partial charge in [0.15, 0.2) is 0 Å². The molecule has 2 fully saturated rings. The summed E-state index contributed by atoms with van der Waals surface area (Å²) < 4.78 is 33.6. The van der Waals surface area contributed by atoms with Gasteiger partial charge in [-0.1, -0.05) is 6.42 Å². The van der Waals surface area contributed by atoms with Crippen molar-refractivity contribution in [3.8, 4) is 0 Å². The number of nitrogens with zero attached hydrogens (tertiary/aromatic N) is 5. The van der Waals surface area contributed by atoms with Gasteiger partial charge in [-0.05, 0) is 36.7 Å². The Kier molecular flexibility index (Phi) is 6.78. The molecule has 4 rings (SSSR count). The van der Waals surface area contributed by atoms with E-state index in [9.17, 15) is 13.2 Å². The summed E-state index contributed by atoms with van der Waals surface area (Å²) in [5.74, 6) is 0.390. The highest BCUT2D eigenvalue weighted by molar-refractivity contribution is 5.73. The van der Waals surface area contributed by atoms with Crippen LogP contribution in [0.1, 0.15) is 19.3 Å². The average Bonchev–Trinajstić information content (AvgIpc) is 3.33. The molecule has 8 nitrogen and oxygen atoms in total. The van der Waals surface area contributed by atoms with Crippen molar-refractivity contribution in [3.63, 3.8) is 0 Å². The fourth-order valence-corrected chi connectivity index (χ4v) is 4.22. The molecular formula is C19H25F3N6O2. The number of anilines is 2. The molecule has 164 valence electrons. The molecular weight excluding hydrogens is 401 g/mol. The standard InChI is InChI=1S/C17H24N6.C2HF3O2/c1-22-11-15(9-21-22)20-8-13-4-2-5-14-10-23(12-16(13)14)17-18-6-3-7-19-17;3-2(4,5)1(6)7/h3,6-7,9,11,13-14,16,20H,2,4-5,8,10,12H2,1H3;(H,6,7)/t13-,14+,16+;/m0./s1. The van der Waals surface area contributed by atoms with Crippen molar-refractivity contribution < 1.29 is 23.1 Å². The van der Waals surface area contributed by atoms with Gasteiger partial charge in [-0.3, -0.25) is 4.68 Å². The van der Waals surface area contributed by atoms with Crippen LogP contribution in [0.15, 0.2) is 30.9 Å². The summed E-state index contributed by atoms with van der Waals surface area (Å²) in [6.07, 6.45) is 6.54. The zero-order valence-corrected chi connectivity index (χ0v) is 16.6. The van der Waals surface area contributed by atoms with E-state index in [0.717, 1.165) is 49.0 Å². The molecule has 0 amide bonds. The van der Waals surface area contributed by atoms with Crippen molar-refractivity contribution >= 4 is 17.6 Å². The highest BCUT2D eigenvalue weighted by atomic mass is 19.4. The van der Waals surface area contributed by atoms with Crippen LogP contribution in [0, 0.1) is 17.8 Å². The third-order valence-electron chi connectivity index (χ3n) is 5.60. The van der Waals surface area contributed by atoms with Gasteiger partial charge in [-0.25, -0.2) is 14.8 Å². The summed E-state index contributed by atoms with van der Waals surface area (Å²) in [5.41, 5.74) is 1.12. The molecule has 0 unspecified atom stereocenters. The van der Waals surface area contributed by atoms with Gasteiger partial charge < -0.3 is 15.3 Å². The van der Waals surface area contributed by atoms with Crippen LogP contribution in [0.2, 0.25) is 0 Å². The first-order valence-corrected chi connectivity index (χ1v) is 9.78. The van der Waals surface area contributed by atoms with Crippen molar-refractivity contribution in [3.05, 3.63) is 30.9 Å². The number of carbonyl (C=O) groups is 1. The SMILES string of the molecule is Cn1cc(NC[C@@H]2CCC[C@@H]3CN(c4ncccn4)C[C@@H]32)cn1.O=C(O)C(F)(F)F. The zero-order valence-electron chi connectivity index (χ0n) is 16.6. The first-order valence-electron chi connectivity index (χ1n) is 9.78. The maximum Gasteiger partial charge on any atom is 0.490 e. The summed E-state index contributed by atoms with van der Waals surface area (Å²) >= 11 is 0. The predicted molar refractivity (Wildman–Crippen MR) is 104 cm³/mol. The highest BCUT2D eigenvalue weighted by Crippen LogP contribution is 2.41. The number of rotatable bonds is 4. The summed E-state index contributed by atoms with van der Waals surface area (Å²) in [5, 5.41) is 14.9. The number of aromatic nitrogens is 4. The first-order chi connectivity index (χ1) is 14.2. The van der Waals surface area contributed by atoms with Crippen LogP contribution in [0.3, 0.4) is 0 Å². The minimum Gasteiger partial charge on any atom is -0.475 e. The number of carboxylic acids is 1. The van der Waals surface area contributed by atoms with Gasteiger partial charge in [0.2, 0.25) is 5.95 Å². The molecule has 30 heavy (non-hydrogen) atoms. The van der Waals surface area contributed by atoms with Crippen molar-refractivity contribution in [1.82, 2.24) is 19.7 Å². The smallest absolute Gasteiger partial charge is 0.475 e. The monoisotopic (exact) mass is 426 g/mol. The lowest BCUT2D eigenvalue weighted by Gasteiger charge is -2.33. The maximum absolute atomic E-state index is 10.6. The van der Waals surface area contributed by atoms with Gasteiger partial charge in [-0.2, -0.15) is 18.3 Å². The molecule has 0 spiro atoms. The lowest BCUT2D eigenvalue weighted by Crippen LogP contribution is -2.32.